The van der Waals surface area contributed by atoms with Crippen molar-refractivity contribution in [3.8, 4) is 0 Å². The predicted molar refractivity (Wildman–Crippen MR) is 69.8 cm³/mol. The van der Waals surface area contributed by atoms with E-state index >= 15 is 0 Å². The average Bonchev–Trinajstić information content (AvgIpc) is 3.06. The van der Waals surface area contributed by atoms with Crippen molar-refractivity contribution in [3.05, 3.63) is 23.7 Å². The highest BCUT2D eigenvalue weighted by Crippen LogP contribution is 2.20. The molecule has 2 rings (SSSR count). The fourth-order valence-corrected chi connectivity index (χ4v) is 2.02. The molecule has 3 nitrogen and oxygen atoms in total. The van der Waals surface area contributed by atoms with Crippen molar-refractivity contribution in [2.24, 2.45) is 0 Å². The van der Waals surface area contributed by atoms with Crippen LogP contribution in [0.1, 0.15) is 44.6 Å². The smallest absolute Gasteiger partial charge is 0.118 e. The van der Waals surface area contributed by atoms with E-state index in [4.69, 9.17) is 4.42 Å². The first kappa shape index (κ1) is 12.7. The fraction of sp³-hybridized carbons (Fsp3) is 0.714. The van der Waals surface area contributed by atoms with Gasteiger partial charge in [-0.1, -0.05) is 13.8 Å². The van der Waals surface area contributed by atoms with Gasteiger partial charge in [-0.05, 0) is 44.5 Å². The van der Waals surface area contributed by atoms with Gasteiger partial charge in [-0.3, -0.25) is 4.90 Å². The van der Waals surface area contributed by atoms with Gasteiger partial charge in [0.15, 0.2) is 0 Å². The van der Waals surface area contributed by atoms with Crippen LogP contribution in [0, 0.1) is 0 Å². The fourth-order valence-electron chi connectivity index (χ4n) is 2.02. The molecule has 96 valence electrons. The Morgan fingerprint density at radius 2 is 2.06 bits per heavy atom. The maximum atomic E-state index is 5.84. The molecule has 1 N–H and O–H groups in total. The van der Waals surface area contributed by atoms with Gasteiger partial charge in [-0.15, -0.1) is 0 Å². The van der Waals surface area contributed by atoms with E-state index in [1.54, 1.807) is 0 Å². The zero-order valence-corrected chi connectivity index (χ0v) is 11.0. The van der Waals surface area contributed by atoms with E-state index < -0.39 is 0 Å². The summed E-state index contributed by atoms with van der Waals surface area (Å²) in [5.74, 6) is 2.16. The minimum absolute atomic E-state index is 0.746. The molecule has 0 spiro atoms. The van der Waals surface area contributed by atoms with Gasteiger partial charge in [-0.2, -0.15) is 0 Å². The van der Waals surface area contributed by atoms with E-state index in [0.717, 1.165) is 43.7 Å². The molecule has 3 heteroatoms. The highest BCUT2D eigenvalue weighted by Gasteiger charge is 2.20. The number of hydrogen-bond acceptors (Lipinski definition) is 3. The zero-order chi connectivity index (χ0) is 12.1. The Morgan fingerprint density at radius 3 is 2.71 bits per heavy atom. The molecule has 1 fully saturated rings. The second-order valence-electron chi connectivity index (χ2n) is 4.89. The molecule has 1 saturated carbocycles. The number of rotatable bonds is 8. The van der Waals surface area contributed by atoms with Crippen LogP contribution in [0.3, 0.4) is 0 Å². The molecule has 17 heavy (non-hydrogen) atoms. The molecule has 1 aliphatic carbocycles. The monoisotopic (exact) mass is 236 g/mol. The first-order valence-electron chi connectivity index (χ1n) is 6.85. The molecule has 0 saturated heterocycles. The van der Waals surface area contributed by atoms with Crippen LogP contribution < -0.4 is 5.32 Å². The van der Waals surface area contributed by atoms with Crippen molar-refractivity contribution in [2.75, 3.05) is 13.1 Å². The van der Waals surface area contributed by atoms with Gasteiger partial charge in [0.25, 0.3) is 0 Å². The lowest BCUT2D eigenvalue weighted by Gasteiger charge is -2.17. The Hall–Kier alpha value is -0.800. The number of hydrogen-bond donors (Lipinski definition) is 1. The highest BCUT2D eigenvalue weighted by molar-refractivity contribution is 5.07. The highest BCUT2D eigenvalue weighted by atomic mass is 16.3. The minimum atomic E-state index is 0.746. The molecule has 1 aromatic rings. The molecule has 0 unspecified atom stereocenters. The van der Waals surface area contributed by atoms with E-state index in [-0.39, 0.29) is 0 Å². The average molecular weight is 236 g/mol. The maximum Gasteiger partial charge on any atom is 0.118 e. The van der Waals surface area contributed by atoms with E-state index in [1.165, 1.54) is 19.3 Å². The van der Waals surface area contributed by atoms with Crippen LogP contribution in [0.5, 0.6) is 0 Å². The summed E-state index contributed by atoms with van der Waals surface area (Å²) in [4.78, 5) is 2.41. The molecule has 1 heterocycles. The Balaban J connectivity index is 1.79. The summed E-state index contributed by atoms with van der Waals surface area (Å²) in [7, 11) is 0. The summed E-state index contributed by atoms with van der Waals surface area (Å²) in [6, 6.07) is 4.96. The Kier molecular flexibility index (Phi) is 4.63. The quantitative estimate of drug-likeness (QED) is 0.752. The summed E-state index contributed by atoms with van der Waals surface area (Å²) >= 11 is 0. The van der Waals surface area contributed by atoms with E-state index in [0.29, 0.717) is 0 Å². The van der Waals surface area contributed by atoms with Crippen LogP contribution in [0.25, 0.3) is 0 Å². The predicted octanol–water partition coefficient (Wildman–Crippen LogP) is 2.76. The molecule has 1 aromatic heterocycles. The molecule has 0 aromatic carbocycles. The second-order valence-corrected chi connectivity index (χ2v) is 4.89. The molecular formula is C14H24N2O. The molecule has 1 aliphatic rings. The number of furan rings is 1. The summed E-state index contributed by atoms with van der Waals surface area (Å²) in [5, 5.41) is 3.47. The second kappa shape index (κ2) is 6.22. The van der Waals surface area contributed by atoms with Crippen molar-refractivity contribution in [1.82, 2.24) is 10.2 Å². The molecule has 0 amide bonds. The molecule has 0 bridgehead atoms. The summed E-state index contributed by atoms with van der Waals surface area (Å²) in [6.07, 6.45) is 3.85. The van der Waals surface area contributed by atoms with Gasteiger partial charge in [-0.25, -0.2) is 0 Å². The molecule has 0 atom stereocenters. The topological polar surface area (TPSA) is 28.4 Å². The van der Waals surface area contributed by atoms with Crippen LogP contribution >= 0.6 is 0 Å². The van der Waals surface area contributed by atoms with Gasteiger partial charge in [0.05, 0.1) is 13.1 Å². The van der Waals surface area contributed by atoms with Crippen molar-refractivity contribution in [3.63, 3.8) is 0 Å². The van der Waals surface area contributed by atoms with Crippen molar-refractivity contribution >= 4 is 0 Å². The summed E-state index contributed by atoms with van der Waals surface area (Å²) in [6.45, 7) is 8.47. The van der Waals surface area contributed by atoms with Crippen LogP contribution in [-0.4, -0.2) is 24.0 Å². The third kappa shape index (κ3) is 4.17. The van der Waals surface area contributed by atoms with Gasteiger partial charge >= 0.3 is 0 Å². The van der Waals surface area contributed by atoms with E-state index in [1.807, 2.05) is 0 Å². The van der Waals surface area contributed by atoms with Crippen LogP contribution in [-0.2, 0) is 13.1 Å². The minimum Gasteiger partial charge on any atom is -0.463 e. The Labute approximate surface area is 104 Å². The van der Waals surface area contributed by atoms with Crippen LogP contribution in [0.15, 0.2) is 16.5 Å². The van der Waals surface area contributed by atoms with Crippen molar-refractivity contribution in [1.29, 1.82) is 0 Å². The Morgan fingerprint density at radius 1 is 1.29 bits per heavy atom. The van der Waals surface area contributed by atoms with E-state index in [9.17, 15) is 0 Å². The molecule has 0 aliphatic heterocycles. The standard InChI is InChI=1S/C14H24N2O/c1-3-9-16(4-2)11-14-8-7-13(17-14)10-15-12-5-6-12/h7-8,12,15H,3-6,9-11H2,1-2H3. The third-order valence-corrected chi connectivity index (χ3v) is 3.23. The maximum absolute atomic E-state index is 5.84. The molecule has 0 radical (unpaired) electrons. The third-order valence-electron chi connectivity index (χ3n) is 3.23. The molecular weight excluding hydrogens is 212 g/mol. The normalized spacial score (nSPS) is 15.7. The lowest BCUT2D eigenvalue weighted by Crippen LogP contribution is -2.23. The Bertz CT molecular complexity index is 331. The van der Waals surface area contributed by atoms with Gasteiger partial charge < -0.3 is 9.73 Å². The number of nitrogens with zero attached hydrogens (tertiary/aromatic N) is 1. The van der Waals surface area contributed by atoms with E-state index in [2.05, 4.69) is 36.2 Å². The first-order chi connectivity index (χ1) is 8.31. The van der Waals surface area contributed by atoms with Crippen molar-refractivity contribution < 1.29 is 4.42 Å². The van der Waals surface area contributed by atoms with Gasteiger partial charge in [0.2, 0.25) is 0 Å². The zero-order valence-electron chi connectivity index (χ0n) is 11.0. The summed E-state index contributed by atoms with van der Waals surface area (Å²) < 4.78 is 5.84. The largest absolute Gasteiger partial charge is 0.463 e. The SMILES string of the molecule is CCCN(CC)Cc1ccc(CNC2CC2)o1. The first-order valence-corrected chi connectivity index (χ1v) is 6.85. The lowest BCUT2D eigenvalue weighted by atomic mass is 10.3. The van der Waals surface area contributed by atoms with Crippen molar-refractivity contribution in [2.45, 2.75) is 52.2 Å². The van der Waals surface area contributed by atoms with Gasteiger partial charge in [0, 0.05) is 6.04 Å². The van der Waals surface area contributed by atoms with Crippen LogP contribution in [0.2, 0.25) is 0 Å². The van der Waals surface area contributed by atoms with Crippen LogP contribution in [0.4, 0.5) is 0 Å². The lowest BCUT2D eigenvalue weighted by molar-refractivity contribution is 0.253. The summed E-state index contributed by atoms with van der Waals surface area (Å²) in [5.41, 5.74) is 0. The van der Waals surface area contributed by atoms with Gasteiger partial charge in [0.1, 0.15) is 11.5 Å². The number of nitrogens with one attached hydrogen (secondary N) is 1.